The molecule has 1 unspecified atom stereocenters. The summed E-state index contributed by atoms with van der Waals surface area (Å²) in [6.45, 7) is 4.52. The van der Waals surface area contributed by atoms with Gasteiger partial charge in [-0.3, -0.25) is 9.69 Å². The van der Waals surface area contributed by atoms with Crippen LogP contribution in [0.2, 0.25) is 10.0 Å². The third kappa shape index (κ3) is 4.98. The molecule has 1 heterocycles. The normalized spacial score (nSPS) is 17.0. The molecule has 1 saturated heterocycles. The molecule has 1 aliphatic rings. The van der Waals surface area contributed by atoms with E-state index in [-0.39, 0.29) is 11.9 Å². The van der Waals surface area contributed by atoms with Gasteiger partial charge in [-0.15, -0.1) is 0 Å². The standard InChI is InChI=1S/C20H23Cl2N3O/c1-24-9-11-25(12-10-24)19(15-5-7-17(21)8-6-15)14-23-20(26)16-3-2-4-18(22)13-16/h2-8,13,19H,9-12,14H2,1H3,(H,23,26). The van der Waals surface area contributed by atoms with Crippen LogP contribution >= 0.6 is 23.2 Å². The van der Waals surface area contributed by atoms with Crippen LogP contribution in [0.3, 0.4) is 0 Å². The topological polar surface area (TPSA) is 35.6 Å². The molecule has 2 aromatic rings. The highest BCUT2D eigenvalue weighted by Gasteiger charge is 2.24. The van der Waals surface area contributed by atoms with Crippen LogP contribution in [0, 0.1) is 0 Å². The fourth-order valence-corrected chi connectivity index (χ4v) is 3.51. The SMILES string of the molecule is CN1CCN(C(CNC(=O)c2cccc(Cl)c2)c2ccc(Cl)cc2)CC1. The first-order valence-corrected chi connectivity index (χ1v) is 9.50. The summed E-state index contributed by atoms with van der Waals surface area (Å²) in [6, 6.07) is 15.0. The number of piperazine rings is 1. The molecular formula is C20H23Cl2N3O. The Labute approximate surface area is 164 Å². The van der Waals surface area contributed by atoms with Crippen molar-refractivity contribution in [2.24, 2.45) is 0 Å². The first-order chi connectivity index (χ1) is 12.5. The molecular weight excluding hydrogens is 369 g/mol. The molecule has 4 nitrogen and oxygen atoms in total. The summed E-state index contributed by atoms with van der Waals surface area (Å²) in [5.74, 6) is -0.111. The van der Waals surface area contributed by atoms with Gasteiger partial charge in [0.15, 0.2) is 0 Å². The third-order valence-corrected chi connectivity index (χ3v) is 5.26. The molecule has 0 radical (unpaired) electrons. The van der Waals surface area contributed by atoms with Gasteiger partial charge in [-0.2, -0.15) is 0 Å². The Morgan fingerprint density at radius 3 is 2.38 bits per heavy atom. The van der Waals surface area contributed by atoms with Crippen molar-refractivity contribution >= 4 is 29.1 Å². The lowest BCUT2D eigenvalue weighted by Crippen LogP contribution is -2.48. The smallest absolute Gasteiger partial charge is 0.251 e. The molecule has 1 fully saturated rings. The summed E-state index contributed by atoms with van der Waals surface area (Å²) in [4.78, 5) is 17.2. The number of carbonyl (C=O) groups is 1. The number of carbonyl (C=O) groups excluding carboxylic acids is 1. The molecule has 0 aliphatic carbocycles. The van der Waals surface area contributed by atoms with E-state index < -0.39 is 0 Å². The van der Waals surface area contributed by atoms with E-state index >= 15 is 0 Å². The van der Waals surface area contributed by atoms with E-state index in [4.69, 9.17) is 23.2 Å². The number of rotatable bonds is 5. The molecule has 1 atom stereocenters. The highest BCUT2D eigenvalue weighted by atomic mass is 35.5. The lowest BCUT2D eigenvalue weighted by atomic mass is 10.0. The van der Waals surface area contributed by atoms with Gasteiger partial charge in [0, 0.05) is 48.3 Å². The molecule has 0 aromatic heterocycles. The van der Waals surface area contributed by atoms with Crippen LogP contribution in [0.15, 0.2) is 48.5 Å². The van der Waals surface area contributed by atoms with Crippen molar-refractivity contribution in [2.75, 3.05) is 39.8 Å². The maximum Gasteiger partial charge on any atom is 0.251 e. The van der Waals surface area contributed by atoms with Crippen molar-refractivity contribution in [1.29, 1.82) is 0 Å². The van der Waals surface area contributed by atoms with E-state index in [9.17, 15) is 4.79 Å². The van der Waals surface area contributed by atoms with Gasteiger partial charge in [0.05, 0.1) is 6.04 Å². The van der Waals surface area contributed by atoms with Crippen LogP contribution in [0.25, 0.3) is 0 Å². The number of hydrogen-bond donors (Lipinski definition) is 1. The van der Waals surface area contributed by atoms with Crippen LogP contribution in [-0.4, -0.2) is 55.5 Å². The minimum absolute atomic E-state index is 0.111. The fraction of sp³-hybridized carbons (Fsp3) is 0.350. The number of amides is 1. The highest BCUT2D eigenvalue weighted by molar-refractivity contribution is 6.31. The lowest BCUT2D eigenvalue weighted by Gasteiger charge is -2.38. The fourth-order valence-electron chi connectivity index (χ4n) is 3.20. The van der Waals surface area contributed by atoms with Gasteiger partial charge >= 0.3 is 0 Å². The number of hydrogen-bond acceptors (Lipinski definition) is 3. The number of benzene rings is 2. The zero-order valence-electron chi connectivity index (χ0n) is 14.8. The van der Waals surface area contributed by atoms with Crippen molar-refractivity contribution in [3.05, 3.63) is 69.7 Å². The largest absolute Gasteiger partial charge is 0.350 e. The first kappa shape index (κ1) is 19.2. The van der Waals surface area contributed by atoms with Gasteiger partial charge in [-0.1, -0.05) is 41.4 Å². The highest BCUT2D eigenvalue weighted by Crippen LogP contribution is 2.23. The van der Waals surface area contributed by atoms with Gasteiger partial charge in [0.25, 0.3) is 5.91 Å². The Kier molecular flexibility index (Phi) is 6.54. The van der Waals surface area contributed by atoms with E-state index in [1.54, 1.807) is 24.3 Å². The molecule has 26 heavy (non-hydrogen) atoms. The maximum absolute atomic E-state index is 12.5. The van der Waals surface area contributed by atoms with Crippen LogP contribution < -0.4 is 5.32 Å². The zero-order valence-corrected chi connectivity index (χ0v) is 16.3. The van der Waals surface area contributed by atoms with Crippen LogP contribution in [0.5, 0.6) is 0 Å². The van der Waals surface area contributed by atoms with Crippen molar-refractivity contribution < 1.29 is 4.79 Å². The van der Waals surface area contributed by atoms with E-state index in [2.05, 4.69) is 22.2 Å². The van der Waals surface area contributed by atoms with Crippen LogP contribution in [-0.2, 0) is 0 Å². The first-order valence-electron chi connectivity index (χ1n) is 8.75. The molecule has 3 rings (SSSR count). The molecule has 0 saturated carbocycles. The van der Waals surface area contributed by atoms with Crippen molar-refractivity contribution in [1.82, 2.24) is 15.1 Å². The number of halogens is 2. The Morgan fingerprint density at radius 2 is 1.73 bits per heavy atom. The summed E-state index contributed by atoms with van der Waals surface area (Å²) in [5, 5.41) is 4.34. The number of likely N-dealkylation sites (N-methyl/N-ethyl adjacent to an activating group) is 1. The summed E-state index contributed by atoms with van der Waals surface area (Å²) >= 11 is 12.0. The summed E-state index contributed by atoms with van der Waals surface area (Å²) in [6.07, 6.45) is 0. The van der Waals surface area contributed by atoms with Crippen molar-refractivity contribution in [2.45, 2.75) is 6.04 Å². The van der Waals surface area contributed by atoms with Gasteiger partial charge in [-0.05, 0) is 42.9 Å². The van der Waals surface area contributed by atoms with Gasteiger partial charge < -0.3 is 10.2 Å². The maximum atomic E-state index is 12.5. The van der Waals surface area contributed by atoms with Gasteiger partial charge in [-0.25, -0.2) is 0 Å². The molecule has 138 valence electrons. The number of nitrogens with zero attached hydrogens (tertiary/aromatic N) is 2. The Balaban J connectivity index is 1.73. The molecule has 2 aromatic carbocycles. The minimum Gasteiger partial charge on any atom is -0.350 e. The quantitative estimate of drug-likeness (QED) is 0.843. The zero-order chi connectivity index (χ0) is 18.5. The second kappa shape index (κ2) is 8.87. The molecule has 6 heteroatoms. The lowest BCUT2D eigenvalue weighted by molar-refractivity contribution is 0.0886. The molecule has 0 spiro atoms. The number of nitrogens with one attached hydrogen (secondary N) is 1. The molecule has 0 bridgehead atoms. The average Bonchev–Trinajstić information content (AvgIpc) is 2.64. The third-order valence-electron chi connectivity index (χ3n) is 4.78. The Morgan fingerprint density at radius 1 is 1.04 bits per heavy atom. The van der Waals surface area contributed by atoms with Gasteiger partial charge in [0.1, 0.15) is 0 Å². The van der Waals surface area contributed by atoms with E-state index in [1.165, 1.54) is 0 Å². The minimum atomic E-state index is -0.111. The second-order valence-electron chi connectivity index (χ2n) is 6.63. The summed E-state index contributed by atoms with van der Waals surface area (Å²) < 4.78 is 0. The Hall–Kier alpha value is -1.59. The second-order valence-corrected chi connectivity index (χ2v) is 7.50. The Bertz CT molecular complexity index is 743. The average molecular weight is 392 g/mol. The van der Waals surface area contributed by atoms with Crippen molar-refractivity contribution in [3.63, 3.8) is 0 Å². The van der Waals surface area contributed by atoms with E-state index in [1.807, 2.05) is 24.3 Å². The predicted molar refractivity (Wildman–Crippen MR) is 107 cm³/mol. The molecule has 1 N–H and O–H groups in total. The van der Waals surface area contributed by atoms with Crippen LogP contribution in [0.4, 0.5) is 0 Å². The monoisotopic (exact) mass is 391 g/mol. The summed E-state index contributed by atoms with van der Waals surface area (Å²) in [5.41, 5.74) is 1.73. The van der Waals surface area contributed by atoms with Crippen molar-refractivity contribution in [3.8, 4) is 0 Å². The molecule has 1 aliphatic heterocycles. The van der Waals surface area contributed by atoms with Crippen LogP contribution in [0.1, 0.15) is 22.0 Å². The predicted octanol–water partition coefficient (Wildman–Crippen LogP) is 3.71. The van der Waals surface area contributed by atoms with E-state index in [0.717, 1.165) is 31.7 Å². The molecule has 1 amide bonds. The van der Waals surface area contributed by atoms with E-state index in [0.29, 0.717) is 22.2 Å². The van der Waals surface area contributed by atoms with Gasteiger partial charge in [0.2, 0.25) is 0 Å². The summed E-state index contributed by atoms with van der Waals surface area (Å²) in [7, 11) is 2.13.